The average Bonchev–Trinajstić information content (AvgIpc) is 3.00. The van der Waals surface area contributed by atoms with Crippen LogP contribution >= 0.6 is 46.7 Å². The number of hydrogen-bond donors (Lipinski definition) is 1. The lowest BCUT2D eigenvalue weighted by Gasteiger charge is -2.52. The molecule has 1 aromatic rings. The first-order chi connectivity index (χ1) is 11.6. The van der Waals surface area contributed by atoms with Crippen molar-refractivity contribution in [3.05, 3.63) is 28.2 Å². The van der Waals surface area contributed by atoms with Gasteiger partial charge in [-0.05, 0) is 55.7 Å². The van der Waals surface area contributed by atoms with E-state index in [2.05, 4.69) is 28.8 Å². The summed E-state index contributed by atoms with van der Waals surface area (Å²) >= 11 is 16.4. The van der Waals surface area contributed by atoms with Gasteiger partial charge in [-0.15, -0.1) is 23.5 Å². The first-order valence-corrected chi connectivity index (χ1v) is 11.3. The number of rotatable bonds is 2. The molecule has 24 heavy (non-hydrogen) atoms. The molecule has 2 nitrogen and oxygen atoms in total. The number of carbonyl (C=O) groups excluding carboxylic acids is 1. The highest BCUT2D eigenvalue weighted by atomic mass is 35.5. The zero-order chi connectivity index (χ0) is 16.7. The molecule has 2 atom stereocenters. The van der Waals surface area contributed by atoms with E-state index < -0.39 is 0 Å². The van der Waals surface area contributed by atoms with Gasteiger partial charge in [0.25, 0.3) is 0 Å². The van der Waals surface area contributed by atoms with Crippen LogP contribution in [0, 0.1) is 17.8 Å². The summed E-state index contributed by atoms with van der Waals surface area (Å²) in [6.07, 6.45) is 5.97. The fourth-order valence-corrected chi connectivity index (χ4v) is 8.88. The fourth-order valence-electron chi connectivity index (χ4n) is 4.64. The van der Waals surface area contributed by atoms with Gasteiger partial charge < -0.3 is 5.32 Å². The molecule has 4 rings (SSSR count). The standard InChI is InChI=1S/C18H21Cl2NOS2/c19-15-5-4-14(10-16(15)20)21-17(22)11-8-12-2-1-3-13(9-11)18(12)23-6-7-24-18/h4-5,10-13H,1-3,6-9H2,(H,21,22). The van der Waals surface area contributed by atoms with Gasteiger partial charge in [0.1, 0.15) is 0 Å². The second kappa shape index (κ2) is 6.94. The third-order valence-electron chi connectivity index (χ3n) is 5.68. The van der Waals surface area contributed by atoms with Crippen LogP contribution in [0.3, 0.4) is 0 Å². The second-order valence-electron chi connectivity index (χ2n) is 7.03. The minimum atomic E-state index is 0.127. The molecule has 1 spiro atoms. The number of nitrogens with one attached hydrogen (secondary N) is 1. The molecule has 1 aliphatic heterocycles. The molecule has 1 saturated heterocycles. The average molecular weight is 402 g/mol. The molecule has 1 heterocycles. The lowest BCUT2D eigenvalue weighted by atomic mass is 9.67. The maximum Gasteiger partial charge on any atom is 0.227 e. The highest BCUT2D eigenvalue weighted by Crippen LogP contribution is 2.64. The number of halogens is 2. The molecule has 0 radical (unpaired) electrons. The number of amides is 1. The predicted molar refractivity (Wildman–Crippen MR) is 106 cm³/mol. The third kappa shape index (κ3) is 3.08. The van der Waals surface area contributed by atoms with Crippen LogP contribution in [0.15, 0.2) is 18.2 Å². The van der Waals surface area contributed by atoms with Crippen molar-refractivity contribution in [2.45, 2.75) is 36.2 Å². The molecular formula is C18H21Cl2NOS2. The Morgan fingerprint density at radius 3 is 2.38 bits per heavy atom. The fraction of sp³-hybridized carbons (Fsp3) is 0.611. The van der Waals surface area contributed by atoms with Crippen molar-refractivity contribution in [1.29, 1.82) is 0 Å². The molecule has 2 saturated carbocycles. The molecule has 1 aromatic carbocycles. The molecule has 1 N–H and O–H groups in total. The minimum absolute atomic E-state index is 0.127. The molecule has 2 unspecified atom stereocenters. The van der Waals surface area contributed by atoms with Gasteiger partial charge in [-0.3, -0.25) is 4.79 Å². The quantitative estimate of drug-likeness (QED) is 0.664. The lowest BCUT2D eigenvalue weighted by Crippen LogP contribution is -2.48. The van der Waals surface area contributed by atoms with Gasteiger partial charge in [-0.2, -0.15) is 0 Å². The zero-order valence-electron chi connectivity index (χ0n) is 13.4. The van der Waals surface area contributed by atoms with Crippen molar-refractivity contribution in [2.75, 3.05) is 16.8 Å². The van der Waals surface area contributed by atoms with Gasteiger partial charge in [-0.1, -0.05) is 29.6 Å². The molecule has 130 valence electrons. The summed E-state index contributed by atoms with van der Waals surface area (Å²) in [4.78, 5) is 12.8. The summed E-state index contributed by atoms with van der Waals surface area (Å²) in [7, 11) is 0. The van der Waals surface area contributed by atoms with Gasteiger partial charge in [0.15, 0.2) is 0 Å². The Bertz CT molecular complexity index is 632. The summed E-state index contributed by atoms with van der Waals surface area (Å²) in [6, 6.07) is 5.28. The Labute approximate surface area is 161 Å². The second-order valence-corrected chi connectivity index (χ2v) is 10.8. The van der Waals surface area contributed by atoms with Gasteiger partial charge in [-0.25, -0.2) is 0 Å². The molecule has 2 aliphatic carbocycles. The Morgan fingerprint density at radius 2 is 1.75 bits per heavy atom. The molecular weight excluding hydrogens is 381 g/mol. The smallest absolute Gasteiger partial charge is 0.227 e. The van der Waals surface area contributed by atoms with Crippen LogP contribution in [0.5, 0.6) is 0 Å². The Morgan fingerprint density at radius 1 is 1.08 bits per heavy atom. The normalized spacial score (nSPS) is 31.2. The van der Waals surface area contributed by atoms with E-state index in [0.29, 0.717) is 26.0 Å². The molecule has 6 heteroatoms. The highest BCUT2D eigenvalue weighted by molar-refractivity contribution is 8.21. The van der Waals surface area contributed by atoms with Crippen LogP contribution in [-0.2, 0) is 4.79 Å². The Hall–Kier alpha value is -0.0300. The maximum absolute atomic E-state index is 12.8. The lowest BCUT2D eigenvalue weighted by molar-refractivity contribution is -0.122. The first kappa shape index (κ1) is 17.4. The number of hydrogen-bond acceptors (Lipinski definition) is 3. The zero-order valence-corrected chi connectivity index (χ0v) is 16.5. The van der Waals surface area contributed by atoms with Crippen molar-refractivity contribution < 1.29 is 4.79 Å². The van der Waals surface area contributed by atoms with E-state index in [1.165, 1.54) is 30.8 Å². The molecule has 1 amide bonds. The van der Waals surface area contributed by atoms with Gasteiger partial charge >= 0.3 is 0 Å². The van der Waals surface area contributed by atoms with Crippen molar-refractivity contribution in [2.24, 2.45) is 17.8 Å². The Kier molecular flexibility index (Phi) is 5.03. The first-order valence-electron chi connectivity index (χ1n) is 8.62. The van der Waals surface area contributed by atoms with Crippen LogP contribution in [-0.4, -0.2) is 21.5 Å². The van der Waals surface area contributed by atoms with Crippen molar-refractivity contribution in [3.8, 4) is 0 Å². The Balaban J connectivity index is 1.47. The minimum Gasteiger partial charge on any atom is -0.326 e. The number of carbonyl (C=O) groups is 1. The predicted octanol–water partition coefficient (Wildman–Crippen LogP) is 5.93. The van der Waals surface area contributed by atoms with Crippen molar-refractivity contribution in [1.82, 2.24) is 0 Å². The third-order valence-corrected chi connectivity index (χ3v) is 10.4. The summed E-state index contributed by atoms with van der Waals surface area (Å²) in [5.41, 5.74) is 0.740. The van der Waals surface area contributed by atoms with E-state index >= 15 is 0 Å². The van der Waals surface area contributed by atoms with E-state index in [0.717, 1.165) is 18.5 Å². The number of thioether (sulfide) groups is 2. The monoisotopic (exact) mass is 401 g/mol. The molecule has 3 aliphatic rings. The van der Waals surface area contributed by atoms with Crippen LogP contribution in [0.4, 0.5) is 5.69 Å². The SMILES string of the molecule is O=C(Nc1ccc(Cl)c(Cl)c1)C1CC2CCCC(C1)C21SCCS1. The number of anilines is 1. The summed E-state index contributed by atoms with van der Waals surface area (Å²) in [5, 5.41) is 4.04. The highest BCUT2D eigenvalue weighted by Gasteiger charge is 2.55. The van der Waals surface area contributed by atoms with Crippen molar-refractivity contribution in [3.63, 3.8) is 0 Å². The van der Waals surface area contributed by atoms with Gasteiger partial charge in [0, 0.05) is 23.1 Å². The number of benzene rings is 1. The summed E-state index contributed by atoms with van der Waals surface area (Å²) in [5.74, 6) is 4.20. The van der Waals surface area contributed by atoms with Gasteiger partial charge in [0.05, 0.1) is 14.1 Å². The largest absolute Gasteiger partial charge is 0.326 e. The maximum atomic E-state index is 12.8. The van der Waals surface area contributed by atoms with E-state index in [1.54, 1.807) is 12.1 Å². The van der Waals surface area contributed by atoms with Crippen LogP contribution in [0.2, 0.25) is 10.0 Å². The van der Waals surface area contributed by atoms with E-state index in [4.69, 9.17) is 23.2 Å². The molecule has 3 fully saturated rings. The topological polar surface area (TPSA) is 29.1 Å². The summed E-state index contributed by atoms with van der Waals surface area (Å²) < 4.78 is 0.415. The molecule has 2 bridgehead atoms. The molecule has 0 aromatic heterocycles. The van der Waals surface area contributed by atoms with E-state index in [1.807, 2.05) is 6.07 Å². The van der Waals surface area contributed by atoms with Crippen molar-refractivity contribution >= 4 is 58.3 Å². The van der Waals surface area contributed by atoms with Crippen LogP contribution in [0.1, 0.15) is 32.1 Å². The van der Waals surface area contributed by atoms with Gasteiger partial charge in [0.2, 0.25) is 5.91 Å². The van der Waals surface area contributed by atoms with E-state index in [9.17, 15) is 4.79 Å². The van der Waals surface area contributed by atoms with E-state index in [-0.39, 0.29) is 11.8 Å². The summed E-state index contributed by atoms with van der Waals surface area (Å²) in [6.45, 7) is 0. The van der Waals surface area contributed by atoms with Crippen LogP contribution in [0.25, 0.3) is 0 Å². The van der Waals surface area contributed by atoms with Crippen LogP contribution < -0.4 is 5.32 Å².